The van der Waals surface area contributed by atoms with Crippen LogP contribution in [0.3, 0.4) is 0 Å². The molecule has 0 unspecified atom stereocenters. The minimum Gasteiger partial charge on any atom is -0.370 e. The number of aromatic amines is 1. The lowest BCUT2D eigenvalue weighted by atomic mass is 10.1. The molecule has 8 heteroatoms. The molecule has 0 atom stereocenters. The third-order valence-electron chi connectivity index (χ3n) is 2.92. The number of aryl methyl sites for hydroxylation is 2. The minimum absolute atomic E-state index is 0. The average molecular weight is 428 g/mol. The van der Waals surface area contributed by atoms with Crippen LogP contribution in [0.25, 0.3) is 0 Å². The lowest BCUT2D eigenvalue weighted by molar-refractivity contribution is 0.0950. The van der Waals surface area contributed by atoms with Crippen molar-refractivity contribution in [2.45, 2.75) is 13.8 Å². The molecule has 0 aliphatic heterocycles. The number of nitrogens with one attached hydrogen (secondary N) is 3. The monoisotopic (exact) mass is 428 g/mol. The van der Waals surface area contributed by atoms with Crippen LogP contribution in [-0.4, -0.2) is 35.2 Å². The number of anilines is 1. The minimum atomic E-state index is -0.214. The molecule has 1 heterocycles. The number of aromatic nitrogens is 2. The van der Waals surface area contributed by atoms with Gasteiger partial charge in [0.05, 0.1) is 6.54 Å². The predicted octanol–water partition coefficient (Wildman–Crippen LogP) is 1.80. The topological polar surface area (TPSA) is 108 Å². The van der Waals surface area contributed by atoms with Gasteiger partial charge in [0.1, 0.15) is 5.69 Å². The summed E-state index contributed by atoms with van der Waals surface area (Å²) in [5.41, 5.74) is 9.46. The Morgan fingerprint density at radius 2 is 2.00 bits per heavy atom. The largest absolute Gasteiger partial charge is 0.370 e. The molecule has 2 aromatic rings. The first-order valence-electron chi connectivity index (χ1n) is 6.97. The summed E-state index contributed by atoms with van der Waals surface area (Å²) in [5.74, 6) is 0.106. The molecule has 1 aromatic heterocycles. The van der Waals surface area contributed by atoms with Crippen molar-refractivity contribution in [3.8, 4) is 0 Å². The number of benzene rings is 1. The van der Waals surface area contributed by atoms with Gasteiger partial charge in [-0.25, -0.2) is 0 Å². The van der Waals surface area contributed by atoms with E-state index in [1.165, 1.54) is 6.20 Å². The van der Waals surface area contributed by atoms with Crippen LogP contribution in [0.1, 0.15) is 21.6 Å². The van der Waals surface area contributed by atoms with Crippen molar-refractivity contribution in [2.75, 3.05) is 18.4 Å². The molecule has 7 nitrogen and oxygen atoms in total. The zero-order chi connectivity index (χ0) is 15.9. The molecule has 0 bridgehead atoms. The Hall–Kier alpha value is -2.10. The highest BCUT2D eigenvalue weighted by Gasteiger charge is 2.04. The van der Waals surface area contributed by atoms with Crippen molar-refractivity contribution in [3.63, 3.8) is 0 Å². The Kier molecular flexibility index (Phi) is 7.52. The van der Waals surface area contributed by atoms with Gasteiger partial charge in [-0.1, -0.05) is 6.07 Å². The van der Waals surface area contributed by atoms with E-state index in [-0.39, 0.29) is 29.9 Å². The van der Waals surface area contributed by atoms with Gasteiger partial charge in [0.25, 0.3) is 5.91 Å². The van der Waals surface area contributed by atoms with Gasteiger partial charge in [0.15, 0.2) is 5.96 Å². The zero-order valence-corrected chi connectivity index (χ0v) is 15.4. The first-order chi connectivity index (χ1) is 10.5. The van der Waals surface area contributed by atoms with Crippen LogP contribution in [0.4, 0.5) is 5.69 Å². The molecule has 5 N–H and O–H groups in total. The van der Waals surface area contributed by atoms with Gasteiger partial charge in [-0.15, -0.1) is 24.0 Å². The number of carbonyl (C=O) groups is 1. The van der Waals surface area contributed by atoms with Crippen molar-refractivity contribution in [3.05, 3.63) is 47.3 Å². The van der Waals surface area contributed by atoms with Crippen LogP contribution in [-0.2, 0) is 0 Å². The summed E-state index contributed by atoms with van der Waals surface area (Å²) in [5, 5.41) is 12.1. The van der Waals surface area contributed by atoms with Gasteiger partial charge < -0.3 is 16.4 Å². The Morgan fingerprint density at radius 1 is 1.30 bits per heavy atom. The summed E-state index contributed by atoms with van der Waals surface area (Å²) < 4.78 is 0. The summed E-state index contributed by atoms with van der Waals surface area (Å²) in [6.07, 6.45) is 1.53. The van der Waals surface area contributed by atoms with Crippen molar-refractivity contribution in [1.82, 2.24) is 15.5 Å². The fourth-order valence-corrected chi connectivity index (χ4v) is 2.06. The van der Waals surface area contributed by atoms with Crippen molar-refractivity contribution >= 4 is 41.5 Å². The number of guanidine groups is 1. The first kappa shape index (κ1) is 18.9. The first-order valence-corrected chi connectivity index (χ1v) is 6.97. The maximum Gasteiger partial charge on any atom is 0.269 e. The number of amides is 1. The number of carbonyl (C=O) groups excluding carboxylic acids is 1. The predicted molar refractivity (Wildman–Crippen MR) is 102 cm³/mol. The number of halogens is 1. The highest BCUT2D eigenvalue weighted by Crippen LogP contribution is 2.13. The van der Waals surface area contributed by atoms with Gasteiger partial charge >= 0.3 is 0 Å². The fraction of sp³-hybridized carbons (Fsp3) is 0.267. The van der Waals surface area contributed by atoms with Gasteiger partial charge in [-0.05, 0) is 43.2 Å². The van der Waals surface area contributed by atoms with Gasteiger partial charge in [-0.3, -0.25) is 14.9 Å². The van der Waals surface area contributed by atoms with Gasteiger partial charge in [0, 0.05) is 18.4 Å². The Labute approximate surface area is 152 Å². The highest BCUT2D eigenvalue weighted by atomic mass is 127. The van der Waals surface area contributed by atoms with Crippen LogP contribution in [0.2, 0.25) is 0 Å². The van der Waals surface area contributed by atoms with Gasteiger partial charge in [-0.2, -0.15) is 5.10 Å². The van der Waals surface area contributed by atoms with Crippen LogP contribution in [0.15, 0.2) is 35.5 Å². The maximum atomic E-state index is 11.6. The fourth-order valence-electron chi connectivity index (χ4n) is 2.06. The SMILES string of the molecule is Cc1cc(C)cc(NC(N)=NCCNC(=O)c2ccn[nH]2)c1.I. The van der Waals surface area contributed by atoms with Crippen LogP contribution in [0, 0.1) is 13.8 Å². The number of nitrogens with two attached hydrogens (primary N) is 1. The highest BCUT2D eigenvalue weighted by molar-refractivity contribution is 14.0. The number of aliphatic imine (C=N–C) groups is 1. The molecule has 0 aliphatic rings. The van der Waals surface area contributed by atoms with E-state index in [1.807, 2.05) is 26.0 Å². The molecule has 2 rings (SSSR count). The summed E-state index contributed by atoms with van der Waals surface area (Å²) >= 11 is 0. The molecule has 124 valence electrons. The molecule has 0 aliphatic carbocycles. The van der Waals surface area contributed by atoms with Crippen molar-refractivity contribution < 1.29 is 4.79 Å². The van der Waals surface area contributed by atoms with Crippen LogP contribution >= 0.6 is 24.0 Å². The van der Waals surface area contributed by atoms with Crippen molar-refractivity contribution in [1.29, 1.82) is 0 Å². The maximum absolute atomic E-state index is 11.6. The normalized spacial score (nSPS) is 10.8. The molecule has 23 heavy (non-hydrogen) atoms. The second-order valence-electron chi connectivity index (χ2n) is 4.99. The average Bonchev–Trinajstić information content (AvgIpc) is 2.96. The molecule has 1 aromatic carbocycles. The number of H-pyrrole nitrogens is 1. The second-order valence-corrected chi connectivity index (χ2v) is 4.99. The number of nitrogens with zero attached hydrogens (tertiary/aromatic N) is 2. The second kappa shape index (κ2) is 9.13. The molecule has 0 fully saturated rings. The standard InChI is InChI=1S/C15H20N6O.HI/c1-10-7-11(2)9-12(8-10)20-15(16)18-6-5-17-14(22)13-3-4-19-21-13;/h3-4,7-9H,5-6H2,1-2H3,(H,17,22)(H,19,21)(H3,16,18,20);1H. The quantitative estimate of drug-likeness (QED) is 0.252. The van der Waals surface area contributed by atoms with E-state index in [4.69, 9.17) is 5.73 Å². The summed E-state index contributed by atoms with van der Waals surface area (Å²) in [4.78, 5) is 15.8. The molecule has 0 saturated carbocycles. The molecule has 1 amide bonds. The van der Waals surface area contributed by atoms with Gasteiger partial charge in [0.2, 0.25) is 0 Å². The lowest BCUT2D eigenvalue weighted by Gasteiger charge is -2.08. The molecule has 0 saturated heterocycles. The number of hydrogen-bond acceptors (Lipinski definition) is 3. The van der Waals surface area contributed by atoms with E-state index >= 15 is 0 Å². The van der Waals surface area contributed by atoms with E-state index in [1.54, 1.807) is 6.07 Å². The summed E-state index contributed by atoms with van der Waals surface area (Å²) in [6.45, 7) is 4.84. The molecular weight excluding hydrogens is 407 g/mol. The van der Waals surface area contributed by atoms with E-state index in [9.17, 15) is 4.79 Å². The van der Waals surface area contributed by atoms with Crippen molar-refractivity contribution in [2.24, 2.45) is 10.7 Å². The smallest absolute Gasteiger partial charge is 0.269 e. The lowest BCUT2D eigenvalue weighted by Crippen LogP contribution is -2.28. The number of rotatable bonds is 5. The van der Waals surface area contributed by atoms with E-state index in [2.05, 4.69) is 31.9 Å². The molecule has 0 radical (unpaired) electrons. The molecule has 0 spiro atoms. The Morgan fingerprint density at radius 3 is 2.61 bits per heavy atom. The van der Waals surface area contributed by atoms with E-state index in [0.717, 1.165) is 16.8 Å². The third kappa shape index (κ3) is 6.27. The zero-order valence-electron chi connectivity index (χ0n) is 13.1. The van der Waals surface area contributed by atoms with Crippen LogP contribution in [0.5, 0.6) is 0 Å². The summed E-state index contributed by atoms with van der Waals surface area (Å²) in [7, 11) is 0. The Balaban J connectivity index is 0.00000264. The van der Waals surface area contributed by atoms with Crippen LogP contribution < -0.4 is 16.4 Å². The molecular formula is C15H21IN6O. The Bertz CT molecular complexity index is 648. The van der Waals surface area contributed by atoms with E-state index < -0.39 is 0 Å². The third-order valence-corrected chi connectivity index (χ3v) is 2.92. The van der Waals surface area contributed by atoms with E-state index in [0.29, 0.717) is 24.7 Å². The number of hydrogen-bond donors (Lipinski definition) is 4. The summed E-state index contributed by atoms with van der Waals surface area (Å²) in [6, 6.07) is 7.68.